The number of halogens is 1. The summed E-state index contributed by atoms with van der Waals surface area (Å²) in [6.07, 6.45) is 1.89. The van der Waals surface area contributed by atoms with Crippen LogP contribution in [0.4, 0.5) is 5.69 Å². The lowest BCUT2D eigenvalue weighted by Crippen LogP contribution is -2.51. The third kappa shape index (κ3) is 4.07. The van der Waals surface area contributed by atoms with Crippen molar-refractivity contribution >= 4 is 29.9 Å². The molecule has 1 heterocycles. The van der Waals surface area contributed by atoms with E-state index in [-0.39, 0.29) is 30.8 Å². The summed E-state index contributed by atoms with van der Waals surface area (Å²) in [6, 6.07) is 6.89. The van der Waals surface area contributed by atoms with Gasteiger partial charge in [-0.2, -0.15) is 0 Å². The molecule has 1 saturated heterocycles. The van der Waals surface area contributed by atoms with Crippen LogP contribution in [0.25, 0.3) is 0 Å². The number of ether oxygens (including phenoxy) is 1. The topological polar surface area (TPSA) is 84.7 Å². The van der Waals surface area contributed by atoms with Gasteiger partial charge < -0.3 is 20.7 Å². The summed E-state index contributed by atoms with van der Waals surface area (Å²) in [6.45, 7) is 4.74. The highest BCUT2D eigenvalue weighted by atomic mass is 35.5. The zero-order valence-corrected chi connectivity index (χ0v) is 15.9. The van der Waals surface area contributed by atoms with Gasteiger partial charge in [-0.1, -0.05) is 26.0 Å². The lowest BCUT2D eigenvalue weighted by atomic mass is 9.81. The maximum Gasteiger partial charge on any atom is 0.249 e. The lowest BCUT2D eigenvalue weighted by Gasteiger charge is -2.30. The number of para-hydroxylation sites is 2. The Morgan fingerprint density at radius 2 is 2.00 bits per heavy atom. The second kappa shape index (κ2) is 9.06. The minimum absolute atomic E-state index is 0. The van der Waals surface area contributed by atoms with Gasteiger partial charge in [0, 0.05) is 13.1 Å². The number of hydrogen-bond donors (Lipinski definition) is 2. The normalized spacial score (nSPS) is 17.2. The number of hydrogen-bond acceptors (Lipinski definition) is 4. The van der Waals surface area contributed by atoms with E-state index < -0.39 is 11.5 Å². The minimum Gasteiger partial charge on any atom is -0.495 e. The third-order valence-electron chi connectivity index (χ3n) is 5.11. The first kappa shape index (κ1) is 21.3. The first-order valence-corrected chi connectivity index (χ1v) is 8.48. The molecule has 0 aliphatic carbocycles. The van der Waals surface area contributed by atoms with E-state index in [1.807, 2.05) is 38.1 Å². The molecule has 1 fully saturated rings. The number of benzene rings is 1. The Bertz CT molecular complexity index is 597. The highest BCUT2D eigenvalue weighted by Crippen LogP contribution is 2.32. The SMILES string of the molecule is CCC(CC)(CN)C(=O)NC1CCN(c2ccccc2OC)C1=O.Cl. The number of amides is 2. The molecule has 7 heteroatoms. The molecule has 0 bridgehead atoms. The second-order valence-corrected chi connectivity index (χ2v) is 6.17. The van der Waals surface area contributed by atoms with Crippen molar-refractivity contribution in [1.29, 1.82) is 0 Å². The van der Waals surface area contributed by atoms with Crippen LogP contribution in [0.2, 0.25) is 0 Å². The largest absolute Gasteiger partial charge is 0.495 e. The van der Waals surface area contributed by atoms with Crippen molar-refractivity contribution in [2.75, 3.05) is 25.1 Å². The number of nitrogens with two attached hydrogens (primary N) is 1. The van der Waals surface area contributed by atoms with Crippen molar-refractivity contribution in [3.8, 4) is 5.75 Å². The van der Waals surface area contributed by atoms with Crippen molar-refractivity contribution in [3.63, 3.8) is 0 Å². The molecule has 25 heavy (non-hydrogen) atoms. The van der Waals surface area contributed by atoms with Gasteiger partial charge in [-0.3, -0.25) is 9.59 Å². The molecule has 6 nitrogen and oxygen atoms in total. The molecule has 3 N–H and O–H groups in total. The summed E-state index contributed by atoms with van der Waals surface area (Å²) >= 11 is 0. The Morgan fingerprint density at radius 1 is 1.36 bits per heavy atom. The number of methoxy groups -OCH3 is 1. The van der Waals surface area contributed by atoms with Gasteiger partial charge in [0.2, 0.25) is 11.8 Å². The van der Waals surface area contributed by atoms with Crippen LogP contribution in [0.3, 0.4) is 0 Å². The van der Waals surface area contributed by atoms with E-state index in [1.54, 1.807) is 12.0 Å². The predicted octanol–water partition coefficient (Wildman–Crippen LogP) is 2.10. The molecule has 0 spiro atoms. The quantitative estimate of drug-likeness (QED) is 0.770. The summed E-state index contributed by atoms with van der Waals surface area (Å²) in [5.74, 6) is 0.414. The van der Waals surface area contributed by atoms with Crippen LogP contribution in [0.1, 0.15) is 33.1 Å². The molecule has 1 aliphatic heterocycles. The molecule has 1 aromatic rings. The number of carbonyl (C=O) groups excluding carboxylic acids is 2. The highest BCUT2D eigenvalue weighted by Gasteiger charge is 2.39. The van der Waals surface area contributed by atoms with Crippen LogP contribution in [-0.2, 0) is 9.59 Å². The second-order valence-electron chi connectivity index (χ2n) is 6.17. The van der Waals surface area contributed by atoms with Gasteiger partial charge in [0.15, 0.2) is 0 Å². The number of nitrogens with one attached hydrogen (secondary N) is 1. The first-order chi connectivity index (χ1) is 11.5. The van der Waals surface area contributed by atoms with E-state index in [1.165, 1.54) is 0 Å². The van der Waals surface area contributed by atoms with E-state index >= 15 is 0 Å². The minimum atomic E-state index is -0.599. The van der Waals surface area contributed by atoms with Gasteiger partial charge in [-0.25, -0.2) is 0 Å². The van der Waals surface area contributed by atoms with Crippen molar-refractivity contribution in [3.05, 3.63) is 24.3 Å². The number of rotatable bonds is 7. The van der Waals surface area contributed by atoms with Crippen LogP contribution in [0.5, 0.6) is 5.75 Å². The maximum absolute atomic E-state index is 12.7. The summed E-state index contributed by atoms with van der Waals surface area (Å²) in [5, 5.41) is 2.91. The van der Waals surface area contributed by atoms with E-state index in [0.29, 0.717) is 31.6 Å². The Labute approximate surface area is 155 Å². The molecule has 140 valence electrons. The molecule has 1 aromatic carbocycles. The fraction of sp³-hybridized carbons (Fsp3) is 0.556. The van der Waals surface area contributed by atoms with Gasteiger partial charge >= 0.3 is 0 Å². The first-order valence-electron chi connectivity index (χ1n) is 8.48. The highest BCUT2D eigenvalue weighted by molar-refractivity contribution is 6.02. The van der Waals surface area contributed by atoms with E-state index in [0.717, 1.165) is 5.69 Å². The Hall–Kier alpha value is -1.79. The van der Waals surface area contributed by atoms with Gasteiger partial charge in [-0.05, 0) is 31.4 Å². The third-order valence-corrected chi connectivity index (χ3v) is 5.11. The molecule has 2 amide bonds. The molecule has 1 unspecified atom stereocenters. The maximum atomic E-state index is 12.7. The Kier molecular flexibility index (Phi) is 7.70. The van der Waals surface area contributed by atoms with Crippen molar-refractivity contribution in [2.24, 2.45) is 11.1 Å². The van der Waals surface area contributed by atoms with Crippen LogP contribution < -0.4 is 20.7 Å². The van der Waals surface area contributed by atoms with Gasteiger partial charge in [0.25, 0.3) is 0 Å². The van der Waals surface area contributed by atoms with Gasteiger partial charge in [0.1, 0.15) is 11.8 Å². The summed E-state index contributed by atoms with van der Waals surface area (Å²) < 4.78 is 5.33. The van der Waals surface area contributed by atoms with Gasteiger partial charge in [0.05, 0.1) is 18.2 Å². The fourth-order valence-electron chi connectivity index (χ4n) is 3.17. The van der Waals surface area contributed by atoms with Crippen LogP contribution in [-0.4, -0.2) is 38.1 Å². The molecule has 0 radical (unpaired) electrons. The summed E-state index contributed by atoms with van der Waals surface area (Å²) in [7, 11) is 1.58. The number of nitrogens with zero attached hydrogens (tertiary/aromatic N) is 1. The van der Waals surface area contributed by atoms with Crippen LogP contribution in [0.15, 0.2) is 24.3 Å². The number of carbonyl (C=O) groups is 2. The van der Waals surface area contributed by atoms with E-state index in [2.05, 4.69) is 5.32 Å². The van der Waals surface area contributed by atoms with Gasteiger partial charge in [-0.15, -0.1) is 12.4 Å². The smallest absolute Gasteiger partial charge is 0.249 e. The van der Waals surface area contributed by atoms with Crippen molar-refractivity contribution in [2.45, 2.75) is 39.2 Å². The molecule has 1 atom stereocenters. The Morgan fingerprint density at radius 3 is 2.56 bits per heavy atom. The monoisotopic (exact) mass is 369 g/mol. The average molecular weight is 370 g/mol. The zero-order chi connectivity index (χ0) is 17.7. The molecule has 0 aromatic heterocycles. The fourth-order valence-corrected chi connectivity index (χ4v) is 3.17. The van der Waals surface area contributed by atoms with Crippen molar-refractivity contribution in [1.82, 2.24) is 5.32 Å². The number of anilines is 1. The summed E-state index contributed by atoms with van der Waals surface area (Å²) in [5.41, 5.74) is 5.96. The zero-order valence-electron chi connectivity index (χ0n) is 15.1. The molecule has 0 saturated carbocycles. The summed E-state index contributed by atoms with van der Waals surface area (Å²) in [4.78, 5) is 27.0. The standard InChI is InChI=1S/C18H27N3O3.ClH/c1-4-18(5-2,12-19)17(23)20-13-10-11-21(16(13)22)14-8-6-7-9-15(14)24-3;/h6-9,13H,4-5,10-12,19H2,1-3H3,(H,20,23);1H. The van der Waals surface area contributed by atoms with Crippen LogP contribution in [0, 0.1) is 5.41 Å². The van der Waals surface area contributed by atoms with Crippen molar-refractivity contribution < 1.29 is 14.3 Å². The molecule has 1 aliphatic rings. The van der Waals surface area contributed by atoms with Crippen LogP contribution >= 0.6 is 12.4 Å². The predicted molar refractivity (Wildman–Crippen MR) is 101 cm³/mol. The van der Waals surface area contributed by atoms with E-state index in [9.17, 15) is 9.59 Å². The average Bonchev–Trinajstić information content (AvgIpc) is 2.97. The molecular weight excluding hydrogens is 342 g/mol. The van der Waals surface area contributed by atoms with E-state index in [4.69, 9.17) is 10.5 Å². The molecular formula is C18H28ClN3O3. The molecule has 2 rings (SSSR count). The lowest BCUT2D eigenvalue weighted by molar-refractivity contribution is -0.134. The Balaban J connectivity index is 0.00000312.